The Labute approximate surface area is 156 Å². The van der Waals surface area contributed by atoms with Gasteiger partial charge in [-0.3, -0.25) is 4.79 Å². The number of aromatic hydroxyl groups is 1. The summed E-state index contributed by atoms with van der Waals surface area (Å²) >= 11 is 0. The minimum absolute atomic E-state index is 0.0287. The maximum Gasteiger partial charge on any atom is 0.340 e. The molecule has 0 saturated heterocycles. The van der Waals surface area contributed by atoms with E-state index in [1.54, 1.807) is 26.0 Å². The van der Waals surface area contributed by atoms with Crippen LogP contribution in [0.15, 0.2) is 48.5 Å². The number of hydrogen-bond donors (Lipinski definition) is 1. The Balaban J connectivity index is 2.33. The number of benzene rings is 2. The van der Waals surface area contributed by atoms with Gasteiger partial charge in [-0.05, 0) is 44.2 Å². The third-order valence-corrected chi connectivity index (χ3v) is 4.16. The van der Waals surface area contributed by atoms with E-state index in [0.717, 1.165) is 5.69 Å². The Morgan fingerprint density at radius 1 is 1.00 bits per heavy atom. The van der Waals surface area contributed by atoms with Gasteiger partial charge in [-0.1, -0.05) is 18.2 Å². The largest absolute Gasteiger partial charge is 0.508 e. The molecule has 0 saturated carbocycles. The van der Waals surface area contributed by atoms with E-state index in [1.165, 1.54) is 6.07 Å². The molecule has 0 bridgehead atoms. The molecule has 0 aliphatic rings. The Morgan fingerprint density at radius 3 is 2.37 bits per heavy atom. The van der Waals surface area contributed by atoms with Crippen LogP contribution in [0.3, 0.4) is 0 Å². The van der Waals surface area contributed by atoms with Crippen molar-refractivity contribution in [3.8, 4) is 11.4 Å². The zero-order valence-electron chi connectivity index (χ0n) is 15.3. The molecule has 0 aliphatic carbocycles. The first kappa shape index (κ1) is 18.5. The number of hydrogen-bond acceptors (Lipinski definition) is 5. The van der Waals surface area contributed by atoms with Crippen LogP contribution in [0.1, 0.15) is 29.9 Å². The van der Waals surface area contributed by atoms with Crippen molar-refractivity contribution >= 4 is 22.8 Å². The predicted molar refractivity (Wildman–Crippen MR) is 101 cm³/mol. The number of rotatable bonds is 6. The lowest BCUT2D eigenvalue weighted by Gasteiger charge is -2.12. The van der Waals surface area contributed by atoms with E-state index in [0.29, 0.717) is 16.6 Å². The van der Waals surface area contributed by atoms with Crippen LogP contribution in [-0.2, 0) is 20.7 Å². The van der Waals surface area contributed by atoms with Crippen LogP contribution in [0.4, 0.5) is 0 Å². The van der Waals surface area contributed by atoms with E-state index >= 15 is 0 Å². The van der Waals surface area contributed by atoms with Crippen molar-refractivity contribution in [2.75, 3.05) is 13.2 Å². The number of nitrogens with zero attached hydrogens (tertiary/aromatic N) is 1. The monoisotopic (exact) mass is 367 g/mol. The van der Waals surface area contributed by atoms with Crippen LogP contribution >= 0.6 is 0 Å². The maximum absolute atomic E-state index is 12.7. The molecule has 2 aromatic carbocycles. The molecule has 0 unspecified atom stereocenters. The number of aromatic nitrogens is 1. The molecule has 0 aliphatic heterocycles. The van der Waals surface area contributed by atoms with Gasteiger partial charge in [-0.2, -0.15) is 0 Å². The van der Waals surface area contributed by atoms with Crippen LogP contribution < -0.4 is 0 Å². The third-order valence-electron chi connectivity index (χ3n) is 4.16. The summed E-state index contributed by atoms with van der Waals surface area (Å²) in [5.41, 5.74) is 2.22. The van der Waals surface area contributed by atoms with Gasteiger partial charge in [-0.15, -0.1) is 0 Å². The average Bonchev–Trinajstić information content (AvgIpc) is 2.95. The van der Waals surface area contributed by atoms with Crippen molar-refractivity contribution in [1.82, 2.24) is 4.57 Å². The molecule has 27 heavy (non-hydrogen) atoms. The molecule has 3 aromatic rings. The van der Waals surface area contributed by atoms with Crippen LogP contribution in [0.5, 0.6) is 5.75 Å². The summed E-state index contributed by atoms with van der Waals surface area (Å²) < 4.78 is 12.1. The zero-order chi connectivity index (χ0) is 19.4. The van der Waals surface area contributed by atoms with Crippen molar-refractivity contribution < 1.29 is 24.2 Å². The lowest BCUT2D eigenvalue weighted by atomic mass is 10.1. The first-order valence-electron chi connectivity index (χ1n) is 8.81. The fraction of sp³-hybridized carbons (Fsp3) is 0.238. The van der Waals surface area contributed by atoms with Gasteiger partial charge in [0.1, 0.15) is 5.75 Å². The van der Waals surface area contributed by atoms with Gasteiger partial charge in [-0.25, -0.2) is 4.79 Å². The number of phenols is 1. The first-order valence-corrected chi connectivity index (χ1v) is 8.81. The van der Waals surface area contributed by atoms with Crippen molar-refractivity contribution in [2.45, 2.75) is 20.3 Å². The number of carbonyl (C=O) groups is 2. The normalized spacial score (nSPS) is 10.7. The topological polar surface area (TPSA) is 77.8 Å². The van der Waals surface area contributed by atoms with Crippen molar-refractivity contribution in [1.29, 1.82) is 0 Å². The van der Waals surface area contributed by atoms with Crippen LogP contribution in [0.25, 0.3) is 16.6 Å². The minimum Gasteiger partial charge on any atom is -0.508 e. The maximum atomic E-state index is 12.7. The van der Waals surface area contributed by atoms with Gasteiger partial charge < -0.3 is 19.1 Å². The molecule has 0 amide bonds. The summed E-state index contributed by atoms with van der Waals surface area (Å²) in [4.78, 5) is 24.9. The summed E-state index contributed by atoms with van der Waals surface area (Å²) in [6, 6.07) is 14.2. The molecular formula is C21H21NO5. The van der Waals surface area contributed by atoms with Crippen LogP contribution in [0.2, 0.25) is 0 Å². The quantitative estimate of drug-likeness (QED) is 0.673. The highest BCUT2D eigenvalue weighted by Gasteiger charge is 2.26. The molecule has 6 nitrogen and oxygen atoms in total. The average molecular weight is 367 g/mol. The Hall–Kier alpha value is -3.28. The number of esters is 2. The minimum atomic E-state index is -0.540. The second-order valence-electron chi connectivity index (χ2n) is 5.90. The number of ether oxygens (including phenoxy) is 2. The molecule has 0 radical (unpaired) electrons. The fourth-order valence-corrected chi connectivity index (χ4v) is 3.15. The molecule has 140 valence electrons. The van der Waals surface area contributed by atoms with E-state index in [4.69, 9.17) is 9.47 Å². The molecule has 6 heteroatoms. The molecule has 1 aromatic heterocycles. The van der Waals surface area contributed by atoms with Crippen molar-refractivity contribution in [2.24, 2.45) is 0 Å². The molecule has 0 fully saturated rings. The zero-order valence-corrected chi connectivity index (χ0v) is 15.3. The van der Waals surface area contributed by atoms with E-state index in [9.17, 15) is 14.7 Å². The SMILES string of the molecule is CCOC(=O)Cc1c(C(=O)OCC)c2cc(O)ccc2n1-c1ccccc1. The number of para-hydroxylation sites is 1. The molecular weight excluding hydrogens is 346 g/mol. The van der Waals surface area contributed by atoms with Gasteiger partial charge in [0.05, 0.1) is 30.7 Å². The van der Waals surface area contributed by atoms with Gasteiger partial charge in [0, 0.05) is 16.8 Å². The fourth-order valence-electron chi connectivity index (χ4n) is 3.15. The van der Waals surface area contributed by atoms with Gasteiger partial charge in [0.15, 0.2) is 0 Å². The second kappa shape index (κ2) is 7.95. The van der Waals surface area contributed by atoms with Crippen molar-refractivity contribution in [3.63, 3.8) is 0 Å². The highest BCUT2D eigenvalue weighted by atomic mass is 16.5. The lowest BCUT2D eigenvalue weighted by Crippen LogP contribution is -2.15. The summed E-state index contributed by atoms with van der Waals surface area (Å²) in [5.74, 6) is -0.949. The molecule has 0 spiro atoms. The lowest BCUT2D eigenvalue weighted by molar-refractivity contribution is -0.142. The summed E-state index contributed by atoms with van der Waals surface area (Å²) in [6.45, 7) is 3.90. The molecule has 1 heterocycles. The van der Waals surface area contributed by atoms with E-state index in [-0.39, 0.29) is 30.9 Å². The summed E-state index contributed by atoms with van der Waals surface area (Å²) in [6.07, 6.45) is -0.0909. The first-order chi connectivity index (χ1) is 13.1. The number of carbonyl (C=O) groups excluding carboxylic acids is 2. The Bertz CT molecular complexity index is 975. The molecule has 0 atom stereocenters. The summed E-state index contributed by atoms with van der Waals surface area (Å²) in [5, 5.41) is 10.5. The third kappa shape index (κ3) is 3.65. The highest BCUT2D eigenvalue weighted by Crippen LogP contribution is 2.33. The van der Waals surface area contributed by atoms with Gasteiger partial charge >= 0.3 is 11.9 Å². The summed E-state index contributed by atoms with van der Waals surface area (Å²) in [7, 11) is 0. The van der Waals surface area contributed by atoms with Crippen LogP contribution in [0, 0.1) is 0 Å². The highest BCUT2D eigenvalue weighted by molar-refractivity contribution is 6.07. The standard InChI is InChI=1S/C21H21NO5/c1-3-26-19(24)13-18-20(21(25)27-4-2)16-12-15(23)10-11-17(16)22(18)14-8-6-5-7-9-14/h5-12,23H,3-4,13H2,1-2H3. The van der Waals surface area contributed by atoms with E-state index in [1.807, 2.05) is 34.9 Å². The number of fused-ring (bicyclic) bond motifs is 1. The molecule has 1 N–H and O–H groups in total. The molecule has 3 rings (SSSR count). The van der Waals surface area contributed by atoms with Crippen LogP contribution in [-0.4, -0.2) is 34.8 Å². The Kier molecular flexibility index (Phi) is 5.45. The predicted octanol–water partition coefficient (Wildman–Crippen LogP) is 3.62. The second-order valence-corrected chi connectivity index (χ2v) is 5.90. The van der Waals surface area contributed by atoms with E-state index < -0.39 is 11.9 Å². The van der Waals surface area contributed by atoms with E-state index in [2.05, 4.69) is 0 Å². The number of phenolic OH excluding ortho intramolecular Hbond substituents is 1. The van der Waals surface area contributed by atoms with Gasteiger partial charge in [0.2, 0.25) is 0 Å². The Morgan fingerprint density at radius 2 is 1.70 bits per heavy atom. The smallest absolute Gasteiger partial charge is 0.340 e. The van der Waals surface area contributed by atoms with Crippen molar-refractivity contribution in [3.05, 3.63) is 59.8 Å². The van der Waals surface area contributed by atoms with Gasteiger partial charge in [0.25, 0.3) is 0 Å².